The zero-order valence-corrected chi connectivity index (χ0v) is 10.5. The molecule has 0 aliphatic carbocycles. The largest absolute Gasteiger partial charge is 0.481 e. The first-order valence-corrected chi connectivity index (χ1v) is 5.88. The van der Waals surface area contributed by atoms with Gasteiger partial charge in [-0.05, 0) is 13.8 Å². The molecule has 2 rings (SSSR count). The molecule has 18 heavy (non-hydrogen) atoms. The molecule has 1 fully saturated rings. The molecule has 0 bridgehead atoms. The van der Waals surface area contributed by atoms with Crippen molar-refractivity contribution < 1.29 is 19.2 Å². The Labute approximate surface area is 105 Å². The van der Waals surface area contributed by atoms with Crippen molar-refractivity contribution in [3.8, 4) is 0 Å². The van der Waals surface area contributed by atoms with Crippen molar-refractivity contribution in [3.63, 3.8) is 0 Å². The van der Waals surface area contributed by atoms with Crippen LogP contribution in [-0.2, 0) is 16.0 Å². The Balaban J connectivity index is 1.86. The van der Waals surface area contributed by atoms with E-state index in [4.69, 9.17) is 9.63 Å². The maximum atomic E-state index is 11.9. The number of aliphatic carboxylic acids is 1. The fourth-order valence-corrected chi connectivity index (χ4v) is 2.17. The van der Waals surface area contributed by atoms with Crippen molar-refractivity contribution in [2.45, 2.75) is 26.7 Å². The van der Waals surface area contributed by atoms with Crippen molar-refractivity contribution in [3.05, 3.63) is 17.0 Å². The third kappa shape index (κ3) is 2.52. The van der Waals surface area contributed by atoms with Crippen LogP contribution >= 0.6 is 0 Å². The summed E-state index contributed by atoms with van der Waals surface area (Å²) in [5, 5.41) is 12.4. The lowest BCUT2D eigenvalue weighted by Crippen LogP contribution is -2.51. The van der Waals surface area contributed by atoms with E-state index in [0.717, 1.165) is 11.3 Å². The predicted octanol–water partition coefficient (Wildman–Crippen LogP) is 0.767. The minimum Gasteiger partial charge on any atom is -0.481 e. The Kier molecular flexibility index (Phi) is 3.36. The number of amides is 1. The van der Waals surface area contributed by atoms with Gasteiger partial charge in [0, 0.05) is 24.6 Å². The Bertz CT molecular complexity index is 455. The molecule has 0 radical (unpaired) electrons. The fourth-order valence-electron chi connectivity index (χ4n) is 2.17. The average Bonchev–Trinajstić information content (AvgIpc) is 2.54. The van der Waals surface area contributed by atoms with E-state index in [2.05, 4.69) is 5.16 Å². The number of carbonyl (C=O) groups excluding carboxylic acids is 1. The molecule has 6 nitrogen and oxygen atoms in total. The Morgan fingerprint density at radius 2 is 2.11 bits per heavy atom. The van der Waals surface area contributed by atoms with Gasteiger partial charge in [-0.25, -0.2) is 0 Å². The molecule has 1 aromatic rings. The first-order valence-electron chi connectivity index (χ1n) is 5.88. The highest BCUT2D eigenvalue weighted by Crippen LogP contribution is 2.21. The summed E-state index contributed by atoms with van der Waals surface area (Å²) in [7, 11) is 0. The summed E-state index contributed by atoms with van der Waals surface area (Å²) >= 11 is 0. The second-order valence-electron chi connectivity index (χ2n) is 4.74. The van der Waals surface area contributed by atoms with Gasteiger partial charge in [0.1, 0.15) is 5.76 Å². The molecule has 1 aromatic heterocycles. The minimum atomic E-state index is -0.808. The van der Waals surface area contributed by atoms with E-state index in [1.165, 1.54) is 0 Å². The van der Waals surface area contributed by atoms with Crippen molar-refractivity contribution >= 4 is 11.9 Å². The number of hydrogen-bond donors (Lipinski definition) is 1. The summed E-state index contributed by atoms with van der Waals surface area (Å²) in [5.41, 5.74) is 1.57. The smallest absolute Gasteiger partial charge is 0.303 e. The Morgan fingerprint density at radius 1 is 1.44 bits per heavy atom. The van der Waals surface area contributed by atoms with Crippen molar-refractivity contribution in [2.75, 3.05) is 13.1 Å². The molecule has 0 aromatic carbocycles. The van der Waals surface area contributed by atoms with Crippen LogP contribution in [0.15, 0.2) is 4.52 Å². The van der Waals surface area contributed by atoms with Crippen molar-refractivity contribution in [1.29, 1.82) is 0 Å². The van der Waals surface area contributed by atoms with Gasteiger partial charge < -0.3 is 14.5 Å². The summed E-state index contributed by atoms with van der Waals surface area (Å²) in [4.78, 5) is 24.1. The lowest BCUT2D eigenvalue weighted by Gasteiger charge is -2.38. The normalized spacial score (nSPS) is 15.6. The first kappa shape index (κ1) is 12.6. The van der Waals surface area contributed by atoms with Gasteiger partial charge in [0.25, 0.3) is 0 Å². The Hall–Kier alpha value is -1.85. The first-order chi connectivity index (χ1) is 8.47. The van der Waals surface area contributed by atoms with Crippen molar-refractivity contribution in [1.82, 2.24) is 10.1 Å². The summed E-state index contributed by atoms with van der Waals surface area (Å²) in [6, 6.07) is 0. The van der Waals surface area contributed by atoms with Crippen molar-refractivity contribution in [2.24, 2.45) is 5.92 Å². The number of aryl methyl sites for hydroxylation is 2. The lowest BCUT2D eigenvalue weighted by atomic mass is 9.95. The number of carboxylic acid groups (broad SMARTS) is 1. The average molecular weight is 252 g/mol. The third-order valence-corrected chi connectivity index (χ3v) is 3.28. The van der Waals surface area contributed by atoms with E-state index in [1.807, 2.05) is 6.92 Å². The van der Waals surface area contributed by atoms with Gasteiger partial charge in [0.2, 0.25) is 5.91 Å². The zero-order valence-electron chi connectivity index (χ0n) is 10.5. The summed E-state index contributed by atoms with van der Waals surface area (Å²) in [6.45, 7) is 4.66. The quantitative estimate of drug-likeness (QED) is 0.855. The minimum absolute atomic E-state index is 0.00559. The molecule has 0 spiro atoms. The molecule has 1 amide bonds. The van der Waals surface area contributed by atoms with E-state index in [-0.39, 0.29) is 24.7 Å². The van der Waals surface area contributed by atoms with E-state index in [0.29, 0.717) is 18.8 Å². The monoisotopic (exact) mass is 252 g/mol. The van der Waals surface area contributed by atoms with E-state index < -0.39 is 5.97 Å². The third-order valence-electron chi connectivity index (χ3n) is 3.28. The number of rotatable bonds is 4. The van der Waals surface area contributed by atoms with Crippen LogP contribution in [0.4, 0.5) is 0 Å². The molecule has 1 N–H and O–H groups in total. The highest BCUT2D eigenvalue weighted by Gasteiger charge is 2.32. The van der Waals surface area contributed by atoms with Gasteiger partial charge in [0.15, 0.2) is 0 Å². The van der Waals surface area contributed by atoms with Gasteiger partial charge in [-0.2, -0.15) is 0 Å². The van der Waals surface area contributed by atoms with Crippen LogP contribution in [0.3, 0.4) is 0 Å². The lowest BCUT2D eigenvalue weighted by molar-refractivity contribution is -0.144. The molecule has 1 saturated heterocycles. The zero-order chi connectivity index (χ0) is 13.3. The van der Waals surface area contributed by atoms with Crippen LogP contribution in [0.5, 0.6) is 0 Å². The van der Waals surface area contributed by atoms with Crippen LogP contribution in [0.25, 0.3) is 0 Å². The summed E-state index contributed by atoms with van der Waals surface area (Å²) in [5.74, 6) is -0.0385. The number of hydrogen-bond acceptors (Lipinski definition) is 4. The van der Waals surface area contributed by atoms with Gasteiger partial charge in [0.05, 0.1) is 18.5 Å². The SMILES string of the molecule is Cc1noc(C)c1CC(=O)N1CC(CC(=O)O)C1. The molecular formula is C12H16N2O4. The number of likely N-dealkylation sites (tertiary alicyclic amines) is 1. The van der Waals surface area contributed by atoms with Gasteiger partial charge in [-0.1, -0.05) is 5.16 Å². The molecule has 1 aliphatic rings. The molecule has 0 unspecified atom stereocenters. The van der Waals surface area contributed by atoms with Gasteiger partial charge in [-0.15, -0.1) is 0 Å². The molecule has 0 atom stereocenters. The van der Waals surface area contributed by atoms with Crippen LogP contribution in [0.1, 0.15) is 23.4 Å². The molecule has 2 heterocycles. The number of carboxylic acids is 1. The number of carbonyl (C=O) groups is 2. The van der Waals surface area contributed by atoms with Gasteiger partial charge >= 0.3 is 5.97 Å². The molecule has 1 aliphatic heterocycles. The fraction of sp³-hybridized carbons (Fsp3) is 0.583. The van der Waals surface area contributed by atoms with Crippen LogP contribution in [0, 0.1) is 19.8 Å². The summed E-state index contributed by atoms with van der Waals surface area (Å²) < 4.78 is 5.00. The van der Waals surface area contributed by atoms with Crippen LogP contribution in [0.2, 0.25) is 0 Å². The summed E-state index contributed by atoms with van der Waals surface area (Å²) in [6.07, 6.45) is 0.413. The topological polar surface area (TPSA) is 83.6 Å². The Morgan fingerprint density at radius 3 is 2.61 bits per heavy atom. The standard InChI is InChI=1S/C12H16N2O4/c1-7-10(8(2)18-13-7)4-11(15)14-5-9(6-14)3-12(16)17/h9H,3-6H2,1-2H3,(H,16,17). The molecule has 6 heteroatoms. The number of aromatic nitrogens is 1. The predicted molar refractivity (Wildman–Crippen MR) is 62.0 cm³/mol. The highest BCUT2D eigenvalue weighted by atomic mass is 16.5. The van der Waals surface area contributed by atoms with Crippen LogP contribution < -0.4 is 0 Å². The highest BCUT2D eigenvalue weighted by molar-refractivity contribution is 5.80. The molecule has 0 saturated carbocycles. The molecule has 98 valence electrons. The second-order valence-corrected chi connectivity index (χ2v) is 4.74. The maximum Gasteiger partial charge on any atom is 0.303 e. The van der Waals surface area contributed by atoms with Gasteiger partial charge in [-0.3, -0.25) is 9.59 Å². The maximum absolute atomic E-state index is 11.9. The van der Waals surface area contributed by atoms with E-state index >= 15 is 0 Å². The number of nitrogens with zero attached hydrogens (tertiary/aromatic N) is 2. The molecular weight excluding hydrogens is 236 g/mol. The van der Waals surface area contributed by atoms with E-state index in [1.54, 1.807) is 11.8 Å². The van der Waals surface area contributed by atoms with Crippen LogP contribution in [-0.4, -0.2) is 40.1 Å². The second kappa shape index (κ2) is 4.80. The van der Waals surface area contributed by atoms with E-state index in [9.17, 15) is 9.59 Å².